The molecule has 0 bridgehead atoms. The summed E-state index contributed by atoms with van der Waals surface area (Å²) in [7, 11) is -1.45. The summed E-state index contributed by atoms with van der Waals surface area (Å²) in [4.78, 5) is 0. The number of rotatable bonds is 6. The van der Waals surface area contributed by atoms with Gasteiger partial charge in [-0.2, -0.15) is 0 Å². The summed E-state index contributed by atoms with van der Waals surface area (Å²) in [5.41, 5.74) is 2.10. The molecule has 0 N–H and O–H groups in total. The highest BCUT2D eigenvalue weighted by atomic mass is 28.3. The zero-order valence-corrected chi connectivity index (χ0v) is 10.2. The topological polar surface area (TPSA) is 27.7 Å². The first kappa shape index (κ1) is 11.3. The van der Waals surface area contributed by atoms with E-state index < -0.39 is 9.04 Å². The van der Waals surface area contributed by atoms with E-state index in [1.807, 2.05) is 26.8 Å². The van der Waals surface area contributed by atoms with Crippen LogP contribution in [0.2, 0.25) is 0 Å². The third-order valence-electron chi connectivity index (χ3n) is 1.87. The second kappa shape index (κ2) is 5.88. The first-order valence-electron chi connectivity index (χ1n) is 5.13. The fraction of sp³-hybridized carbons (Fsp3) is 0.600. The molecule has 80 valence electrons. The van der Waals surface area contributed by atoms with E-state index in [4.69, 9.17) is 13.9 Å². The quantitative estimate of drug-likeness (QED) is 0.630. The first-order chi connectivity index (χ1) is 6.83. The lowest BCUT2D eigenvalue weighted by molar-refractivity contribution is 0.186. The second-order valence-electron chi connectivity index (χ2n) is 2.83. The molecule has 0 spiro atoms. The van der Waals surface area contributed by atoms with Crippen LogP contribution in [-0.2, 0) is 13.9 Å². The smallest absolute Gasteiger partial charge is 0.276 e. The van der Waals surface area contributed by atoms with Crippen molar-refractivity contribution >= 4 is 9.04 Å². The first-order valence-corrected chi connectivity index (χ1v) is 6.84. The third-order valence-corrected chi connectivity index (χ3v) is 4.07. The number of hydrogen-bond donors (Lipinski definition) is 0. The second-order valence-corrected chi connectivity index (χ2v) is 4.91. The lowest BCUT2D eigenvalue weighted by atomic mass is 10.5. The molecule has 0 saturated carbocycles. The Hall–Kier alpha value is -0.743. The fourth-order valence-corrected chi connectivity index (χ4v) is 3.32. The van der Waals surface area contributed by atoms with Crippen LogP contribution < -0.4 is 0 Å². The normalized spacial score (nSPS) is 20.4. The van der Waals surface area contributed by atoms with E-state index in [0.29, 0.717) is 13.2 Å². The van der Waals surface area contributed by atoms with E-state index >= 15 is 0 Å². The molecule has 0 aromatic carbocycles. The standard InChI is InChI=1S/C10H18O3Si/c1-4-11-9-7-8-14(13-6-3)10(9)12-5-2/h7-8,14H,4-6H2,1-3H3. The van der Waals surface area contributed by atoms with Crippen molar-refractivity contribution in [2.75, 3.05) is 19.8 Å². The highest BCUT2D eigenvalue weighted by Gasteiger charge is 2.25. The van der Waals surface area contributed by atoms with Gasteiger partial charge in [0.2, 0.25) is 0 Å². The van der Waals surface area contributed by atoms with Crippen molar-refractivity contribution in [3.05, 3.63) is 22.9 Å². The van der Waals surface area contributed by atoms with Crippen LogP contribution in [0.15, 0.2) is 22.9 Å². The molecule has 1 rings (SSSR count). The van der Waals surface area contributed by atoms with Gasteiger partial charge in [0.05, 0.1) is 13.2 Å². The lowest BCUT2D eigenvalue weighted by Crippen LogP contribution is -2.20. The van der Waals surface area contributed by atoms with E-state index in [2.05, 4.69) is 5.70 Å². The lowest BCUT2D eigenvalue weighted by Gasteiger charge is -2.14. The number of ether oxygens (including phenoxy) is 2. The van der Waals surface area contributed by atoms with Crippen molar-refractivity contribution in [2.24, 2.45) is 0 Å². The number of allylic oxidation sites excluding steroid dienone is 1. The average molecular weight is 214 g/mol. The molecule has 0 aromatic heterocycles. The van der Waals surface area contributed by atoms with Gasteiger partial charge in [-0.1, -0.05) is 5.70 Å². The highest BCUT2D eigenvalue weighted by molar-refractivity contribution is 6.66. The Morgan fingerprint density at radius 2 is 1.79 bits per heavy atom. The molecule has 0 fully saturated rings. The Labute approximate surface area is 87.1 Å². The molecular formula is C10H18O3Si. The van der Waals surface area contributed by atoms with Gasteiger partial charge in [0.25, 0.3) is 9.04 Å². The maximum atomic E-state index is 5.63. The predicted molar refractivity (Wildman–Crippen MR) is 58.2 cm³/mol. The summed E-state index contributed by atoms with van der Waals surface area (Å²) in [6, 6.07) is 0. The Bertz CT molecular complexity index is 236. The minimum absolute atomic E-state index is 0.670. The van der Waals surface area contributed by atoms with E-state index in [9.17, 15) is 0 Å². The average Bonchev–Trinajstić information content (AvgIpc) is 2.52. The van der Waals surface area contributed by atoms with Crippen LogP contribution in [0.3, 0.4) is 0 Å². The van der Waals surface area contributed by atoms with Crippen molar-refractivity contribution in [1.82, 2.24) is 0 Å². The summed E-state index contributed by atoms with van der Waals surface area (Å²) >= 11 is 0. The van der Waals surface area contributed by atoms with E-state index in [1.54, 1.807) is 0 Å². The molecule has 14 heavy (non-hydrogen) atoms. The molecule has 0 amide bonds. The van der Waals surface area contributed by atoms with Gasteiger partial charge in [-0.25, -0.2) is 0 Å². The molecule has 4 heteroatoms. The molecule has 0 radical (unpaired) electrons. The zero-order valence-electron chi connectivity index (χ0n) is 9.08. The van der Waals surface area contributed by atoms with Crippen molar-refractivity contribution < 1.29 is 13.9 Å². The molecule has 3 nitrogen and oxygen atoms in total. The van der Waals surface area contributed by atoms with Crippen LogP contribution in [0.5, 0.6) is 0 Å². The van der Waals surface area contributed by atoms with Crippen LogP contribution in [0.4, 0.5) is 0 Å². The van der Waals surface area contributed by atoms with Crippen LogP contribution in [0, 0.1) is 0 Å². The summed E-state index contributed by atoms with van der Waals surface area (Å²) in [5.74, 6) is 0.861. The molecule has 1 heterocycles. The summed E-state index contributed by atoms with van der Waals surface area (Å²) in [6.45, 7) is 8.03. The maximum absolute atomic E-state index is 5.63. The van der Waals surface area contributed by atoms with Gasteiger partial charge in [0.1, 0.15) is 5.38 Å². The maximum Gasteiger partial charge on any atom is 0.276 e. The fourth-order valence-electron chi connectivity index (χ4n) is 1.38. The summed E-state index contributed by atoms with van der Waals surface area (Å²) in [5, 5.41) is 0.941. The van der Waals surface area contributed by atoms with E-state index in [1.165, 1.54) is 0 Å². The third kappa shape index (κ3) is 2.62. The molecule has 0 aliphatic carbocycles. The largest absolute Gasteiger partial charge is 0.496 e. The van der Waals surface area contributed by atoms with Crippen molar-refractivity contribution in [3.8, 4) is 0 Å². The van der Waals surface area contributed by atoms with Crippen molar-refractivity contribution in [3.63, 3.8) is 0 Å². The van der Waals surface area contributed by atoms with Crippen LogP contribution in [-0.4, -0.2) is 28.9 Å². The van der Waals surface area contributed by atoms with Gasteiger partial charge in [-0.3, -0.25) is 0 Å². The summed E-state index contributed by atoms with van der Waals surface area (Å²) < 4.78 is 16.7. The molecule has 1 aliphatic rings. The molecule has 1 unspecified atom stereocenters. The number of hydrogen-bond acceptors (Lipinski definition) is 3. The summed E-state index contributed by atoms with van der Waals surface area (Å²) in [6.07, 6.45) is 1.97. The Morgan fingerprint density at radius 3 is 2.36 bits per heavy atom. The Kier molecular flexibility index (Phi) is 4.76. The van der Waals surface area contributed by atoms with Crippen molar-refractivity contribution in [2.45, 2.75) is 20.8 Å². The van der Waals surface area contributed by atoms with Crippen LogP contribution in [0.1, 0.15) is 20.8 Å². The van der Waals surface area contributed by atoms with E-state index in [0.717, 1.165) is 17.7 Å². The van der Waals surface area contributed by atoms with Crippen LogP contribution >= 0.6 is 0 Å². The molecule has 1 aliphatic heterocycles. The SMILES string of the molecule is CCOC1=C(OCC)[SiH](OCC)C=C1. The molecule has 0 saturated heterocycles. The van der Waals surface area contributed by atoms with E-state index in [-0.39, 0.29) is 0 Å². The van der Waals surface area contributed by atoms with Gasteiger partial charge in [0.15, 0.2) is 5.76 Å². The van der Waals surface area contributed by atoms with Crippen LogP contribution in [0.25, 0.3) is 0 Å². The van der Waals surface area contributed by atoms with Gasteiger partial charge in [-0.15, -0.1) is 0 Å². The molecule has 1 atom stereocenters. The van der Waals surface area contributed by atoms with Gasteiger partial charge < -0.3 is 13.9 Å². The van der Waals surface area contributed by atoms with Crippen molar-refractivity contribution in [1.29, 1.82) is 0 Å². The Morgan fingerprint density at radius 1 is 1.07 bits per heavy atom. The Balaban J connectivity index is 2.67. The minimum atomic E-state index is -1.45. The van der Waals surface area contributed by atoms with Gasteiger partial charge >= 0.3 is 0 Å². The van der Waals surface area contributed by atoms with Gasteiger partial charge in [-0.05, 0) is 26.8 Å². The zero-order chi connectivity index (χ0) is 10.4. The monoisotopic (exact) mass is 214 g/mol. The molecule has 0 aromatic rings. The highest BCUT2D eigenvalue weighted by Crippen LogP contribution is 2.21. The predicted octanol–water partition coefficient (Wildman–Crippen LogP) is 1.68. The minimum Gasteiger partial charge on any atom is -0.496 e. The van der Waals surface area contributed by atoms with Gasteiger partial charge in [0, 0.05) is 6.61 Å². The molecular weight excluding hydrogens is 196 g/mol.